The number of thiazole rings is 1. The molecule has 5 rings (SSSR count). The summed E-state index contributed by atoms with van der Waals surface area (Å²) in [4.78, 5) is 22.2. The molecule has 3 heterocycles. The van der Waals surface area contributed by atoms with Gasteiger partial charge in [0.1, 0.15) is 5.01 Å². The average Bonchev–Trinajstić information content (AvgIpc) is 3.36. The van der Waals surface area contributed by atoms with Crippen molar-refractivity contribution in [2.24, 2.45) is 0 Å². The molecule has 7 nitrogen and oxygen atoms in total. The molecule has 0 atom stereocenters. The Morgan fingerprint density at radius 2 is 1.68 bits per heavy atom. The van der Waals surface area contributed by atoms with Crippen LogP contribution in [-0.2, 0) is 11.3 Å². The van der Waals surface area contributed by atoms with E-state index in [1.165, 1.54) is 10.3 Å². The van der Waals surface area contributed by atoms with Crippen LogP contribution in [0.15, 0.2) is 48.5 Å². The number of hydrogen-bond donors (Lipinski definition) is 1. The summed E-state index contributed by atoms with van der Waals surface area (Å²) in [6.07, 6.45) is 0. The number of nitrogens with zero attached hydrogens (tertiary/aromatic N) is 5. The van der Waals surface area contributed by atoms with Gasteiger partial charge in [0, 0.05) is 26.2 Å². The summed E-state index contributed by atoms with van der Waals surface area (Å²) >= 11 is 1.77. The van der Waals surface area contributed by atoms with E-state index in [1.54, 1.807) is 11.3 Å². The van der Waals surface area contributed by atoms with Crippen molar-refractivity contribution < 1.29 is 4.79 Å². The van der Waals surface area contributed by atoms with Crippen LogP contribution in [0.4, 0.5) is 5.69 Å². The average molecular weight is 475 g/mol. The minimum absolute atomic E-state index is 0.00859. The third-order valence-corrected chi connectivity index (χ3v) is 7.38. The Labute approximate surface area is 204 Å². The van der Waals surface area contributed by atoms with Gasteiger partial charge in [-0.25, -0.2) is 9.67 Å². The predicted octanol–water partition coefficient (Wildman–Crippen LogP) is 4.16. The monoisotopic (exact) mass is 474 g/mol. The number of carbonyl (C=O) groups excluding carboxylic acids is 1. The van der Waals surface area contributed by atoms with E-state index in [9.17, 15) is 4.79 Å². The molecule has 4 aromatic rings. The Bertz CT molecular complexity index is 1270. The van der Waals surface area contributed by atoms with Gasteiger partial charge in [-0.3, -0.25) is 14.6 Å². The third-order valence-electron chi connectivity index (χ3n) is 6.36. The zero-order valence-corrected chi connectivity index (χ0v) is 20.7. The van der Waals surface area contributed by atoms with Crippen molar-refractivity contribution >= 4 is 33.1 Å². The molecular formula is C26H30N6OS. The fourth-order valence-corrected chi connectivity index (χ4v) is 5.44. The largest absolute Gasteiger partial charge is 0.322 e. The van der Waals surface area contributed by atoms with Crippen molar-refractivity contribution in [1.29, 1.82) is 0 Å². The summed E-state index contributed by atoms with van der Waals surface area (Å²) in [7, 11) is 0. The quantitative estimate of drug-likeness (QED) is 0.455. The van der Waals surface area contributed by atoms with Gasteiger partial charge >= 0.3 is 0 Å². The molecule has 2 aromatic heterocycles. The molecule has 34 heavy (non-hydrogen) atoms. The molecular weight excluding hydrogens is 444 g/mol. The van der Waals surface area contributed by atoms with Crippen molar-refractivity contribution in [3.63, 3.8) is 0 Å². The molecule has 176 valence electrons. The fourth-order valence-electron chi connectivity index (χ4n) is 4.43. The highest BCUT2D eigenvalue weighted by Gasteiger charge is 2.21. The first-order chi connectivity index (χ1) is 16.5. The number of amides is 1. The lowest BCUT2D eigenvalue weighted by atomic mass is 10.2. The van der Waals surface area contributed by atoms with Crippen molar-refractivity contribution in [1.82, 2.24) is 24.6 Å². The van der Waals surface area contributed by atoms with Crippen molar-refractivity contribution in [3.8, 4) is 5.69 Å². The van der Waals surface area contributed by atoms with Crippen molar-refractivity contribution in [3.05, 3.63) is 70.5 Å². The molecule has 0 spiro atoms. The second-order valence-electron chi connectivity index (χ2n) is 8.97. The number of aryl methyl sites for hydroxylation is 2. The Hall–Kier alpha value is -3.07. The molecule has 1 aliphatic heterocycles. The molecule has 2 aromatic carbocycles. The molecule has 0 aliphatic carbocycles. The number of piperazine rings is 1. The first-order valence-electron chi connectivity index (χ1n) is 11.7. The second kappa shape index (κ2) is 9.66. The maximum Gasteiger partial charge on any atom is 0.238 e. The molecule has 0 unspecified atom stereocenters. The maximum absolute atomic E-state index is 12.8. The van der Waals surface area contributed by atoms with Gasteiger partial charge in [0.25, 0.3) is 0 Å². The number of para-hydroxylation sites is 1. The SMILES string of the molecule is Cc1ccc(-n2nc(C)c(NC(=O)CN3CCN(Cc4nc5ccccc5s4)CC3)c2C)cc1. The minimum Gasteiger partial charge on any atom is -0.322 e. The lowest BCUT2D eigenvalue weighted by Gasteiger charge is -2.33. The van der Waals surface area contributed by atoms with E-state index < -0.39 is 0 Å². The van der Waals surface area contributed by atoms with Gasteiger partial charge in [-0.2, -0.15) is 5.10 Å². The molecule has 1 fully saturated rings. The number of benzene rings is 2. The summed E-state index contributed by atoms with van der Waals surface area (Å²) in [6, 6.07) is 16.5. The summed E-state index contributed by atoms with van der Waals surface area (Å²) < 4.78 is 3.13. The van der Waals surface area contributed by atoms with Crippen molar-refractivity contribution in [2.45, 2.75) is 27.3 Å². The zero-order valence-electron chi connectivity index (χ0n) is 19.9. The first kappa shape index (κ1) is 22.7. The maximum atomic E-state index is 12.8. The molecule has 1 amide bonds. The number of nitrogens with one attached hydrogen (secondary N) is 1. The number of rotatable bonds is 6. The Morgan fingerprint density at radius 1 is 0.971 bits per heavy atom. The van der Waals surface area contributed by atoms with Gasteiger partial charge in [0.15, 0.2) is 0 Å². The van der Waals surface area contributed by atoms with Gasteiger partial charge in [0.2, 0.25) is 5.91 Å². The number of hydrogen-bond acceptors (Lipinski definition) is 6. The Balaban J connectivity index is 1.15. The summed E-state index contributed by atoms with van der Waals surface area (Å²) in [5, 5.41) is 8.92. The predicted molar refractivity (Wildman–Crippen MR) is 138 cm³/mol. The van der Waals surface area contributed by atoms with Crippen LogP contribution in [0.5, 0.6) is 0 Å². The zero-order chi connectivity index (χ0) is 23.7. The lowest BCUT2D eigenvalue weighted by Crippen LogP contribution is -2.48. The van der Waals surface area contributed by atoms with Gasteiger partial charge in [-0.1, -0.05) is 29.8 Å². The van der Waals surface area contributed by atoms with E-state index in [-0.39, 0.29) is 5.91 Å². The third kappa shape index (κ3) is 4.89. The lowest BCUT2D eigenvalue weighted by molar-refractivity contribution is -0.117. The molecule has 1 saturated heterocycles. The minimum atomic E-state index is 0.00859. The number of anilines is 1. The fraction of sp³-hybridized carbons (Fsp3) is 0.346. The van der Waals surface area contributed by atoms with E-state index >= 15 is 0 Å². The van der Waals surface area contributed by atoms with Crippen LogP contribution in [-0.4, -0.2) is 63.2 Å². The molecule has 1 aliphatic rings. The number of aromatic nitrogens is 3. The van der Waals surface area contributed by atoms with Crippen LogP contribution >= 0.6 is 11.3 Å². The van der Waals surface area contributed by atoms with E-state index in [4.69, 9.17) is 4.98 Å². The first-order valence-corrected chi connectivity index (χ1v) is 12.5. The van der Waals surface area contributed by atoms with Crippen LogP contribution < -0.4 is 5.32 Å². The highest BCUT2D eigenvalue weighted by atomic mass is 32.1. The van der Waals surface area contributed by atoms with E-state index in [0.29, 0.717) is 6.54 Å². The van der Waals surface area contributed by atoms with Crippen LogP contribution in [0.1, 0.15) is 22.0 Å². The highest BCUT2D eigenvalue weighted by Crippen LogP contribution is 2.24. The molecule has 0 bridgehead atoms. The standard InChI is InChI=1S/C26H30N6OS/c1-18-8-10-21(11-9-18)32-20(3)26(19(2)29-32)28-24(33)16-30-12-14-31(15-13-30)17-25-27-22-6-4-5-7-23(22)34-25/h4-11H,12-17H2,1-3H3,(H,28,33). The molecule has 1 N–H and O–H groups in total. The highest BCUT2D eigenvalue weighted by molar-refractivity contribution is 7.18. The van der Waals surface area contributed by atoms with Crippen LogP contribution in [0.3, 0.4) is 0 Å². The van der Waals surface area contributed by atoms with Gasteiger partial charge in [-0.05, 0) is 45.0 Å². The molecule has 0 radical (unpaired) electrons. The van der Waals surface area contributed by atoms with Crippen LogP contribution in [0.2, 0.25) is 0 Å². The van der Waals surface area contributed by atoms with E-state index in [2.05, 4.69) is 57.5 Å². The molecule has 0 saturated carbocycles. The topological polar surface area (TPSA) is 66.3 Å². The van der Waals surface area contributed by atoms with Crippen LogP contribution in [0, 0.1) is 20.8 Å². The van der Waals surface area contributed by atoms with Crippen molar-refractivity contribution in [2.75, 3.05) is 38.0 Å². The normalized spacial score (nSPS) is 15.1. The second-order valence-corrected chi connectivity index (χ2v) is 10.1. The van der Waals surface area contributed by atoms with Gasteiger partial charge in [-0.15, -0.1) is 11.3 Å². The smallest absolute Gasteiger partial charge is 0.238 e. The summed E-state index contributed by atoms with van der Waals surface area (Å²) in [5.41, 5.74) is 5.85. The number of carbonyl (C=O) groups is 1. The van der Waals surface area contributed by atoms with Gasteiger partial charge in [0.05, 0.1) is 46.1 Å². The Kier molecular flexibility index (Phi) is 6.45. The van der Waals surface area contributed by atoms with E-state index in [0.717, 1.165) is 66.0 Å². The van der Waals surface area contributed by atoms with Gasteiger partial charge < -0.3 is 5.32 Å². The summed E-state index contributed by atoms with van der Waals surface area (Å²) in [6.45, 7) is 10.9. The van der Waals surface area contributed by atoms with Crippen LogP contribution in [0.25, 0.3) is 15.9 Å². The Morgan fingerprint density at radius 3 is 2.41 bits per heavy atom. The number of fused-ring (bicyclic) bond motifs is 1. The van der Waals surface area contributed by atoms with E-state index in [1.807, 2.05) is 36.7 Å². The molecule has 8 heteroatoms. The summed E-state index contributed by atoms with van der Waals surface area (Å²) in [5.74, 6) is 0.00859.